The molecule has 0 bridgehead atoms. The van der Waals surface area contributed by atoms with Gasteiger partial charge in [0.05, 0.1) is 0 Å². The van der Waals surface area contributed by atoms with Gasteiger partial charge in [-0.15, -0.1) is 166 Å². The van der Waals surface area contributed by atoms with E-state index in [1.54, 1.807) is 0 Å². The van der Waals surface area contributed by atoms with Crippen LogP contribution in [0.25, 0.3) is 0 Å². The molecule has 1 aliphatic rings. The fourth-order valence-electron chi connectivity index (χ4n) is 1.77. The van der Waals surface area contributed by atoms with Gasteiger partial charge >= 0.3 is 5.52 Å². The normalized spacial score (nSPS) is 32.0. The van der Waals surface area contributed by atoms with Gasteiger partial charge < -0.3 is 0 Å². The standard InChI is InChI=1S/Cl16Si8/c1-17(2,3)24(16)22(12,13)20(8,9)18(4,5)19(6,7)21(10,11)23(24,14)15. The summed E-state index contributed by atoms with van der Waals surface area (Å²) in [6.45, 7) is 0. The summed E-state index contributed by atoms with van der Waals surface area (Å²) in [7, 11) is 0. The Bertz CT molecular complexity index is 485. The number of hydrogen-bond acceptors (Lipinski definition) is 0. The molecule has 24 heavy (non-hydrogen) atoms. The van der Waals surface area contributed by atoms with Crippen LogP contribution in [0.1, 0.15) is 0 Å². The lowest BCUT2D eigenvalue weighted by Crippen LogP contribution is -2.85. The predicted octanol–water partition coefficient (Wildman–Crippen LogP) is 7.99. The Morgan fingerprint density at radius 3 is 0.667 bits per heavy atom. The first-order valence-electron chi connectivity index (χ1n) is 5.02. The molecule has 0 amide bonds. The molecule has 0 spiro atoms. The van der Waals surface area contributed by atoms with Crippen LogP contribution in [0.4, 0.5) is 0 Å². The van der Waals surface area contributed by atoms with Gasteiger partial charge in [-0.25, -0.2) is 0 Å². The number of halogens is 16. The summed E-state index contributed by atoms with van der Waals surface area (Å²) in [4.78, 5) is 0. The van der Waals surface area contributed by atoms with Crippen molar-refractivity contribution in [3.8, 4) is 0 Å². The molecule has 24 heteroatoms. The lowest BCUT2D eigenvalue weighted by atomic mass is 25.9. The molecule has 144 valence electrons. The average molecular weight is 792 g/mol. The lowest BCUT2D eigenvalue weighted by molar-refractivity contribution is 3.13. The van der Waals surface area contributed by atoms with Crippen molar-refractivity contribution in [2.24, 2.45) is 0 Å². The Balaban J connectivity index is 4.18. The summed E-state index contributed by atoms with van der Waals surface area (Å²) in [6, 6.07) is 0. The molecule has 0 nitrogen and oxygen atoms in total. The molecule has 0 unspecified atom stereocenters. The quantitative estimate of drug-likeness (QED) is 0.187. The molecule has 1 aliphatic heterocycles. The Labute approximate surface area is 219 Å². The van der Waals surface area contributed by atoms with Gasteiger partial charge in [-0.1, -0.05) is 0 Å². The van der Waals surface area contributed by atoms with E-state index in [1.165, 1.54) is 0 Å². The second-order valence-corrected chi connectivity index (χ2v) is 124. The van der Waals surface area contributed by atoms with Gasteiger partial charge in [0.1, 0.15) is 0 Å². The van der Waals surface area contributed by atoms with E-state index >= 15 is 0 Å². The van der Waals surface area contributed by atoms with Gasteiger partial charge in [-0.2, -0.15) is 11.1 Å². The van der Waals surface area contributed by atoms with Crippen LogP contribution >= 0.6 is 177 Å². The van der Waals surface area contributed by atoms with E-state index in [2.05, 4.69) is 0 Å². The Hall–Kier alpha value is 6.38. The molecule has 0 N–H and O–H groups in total. The third-order valence-electron chi connectivity index (χ3n) is 3.23. The van der Waals surface area contributed by atoms with E-state index < -0.39 is 45.8 Å². The molecule has 1 rings (SSSR count). The molecule has 0 aliphatic carbocycles. The zero-order valence-electron chi connectivity index (χ0n) is 10.0. The van der Waals surface area contributed by atoms with Crippen molar-refractivity contribution in [2.75, 3.05) is 0 Å². The van der Waals surface area contributed by atoms with Crippen LogP contribution < -0.4 is 0 Å². The summed E-state index contributed by atoms with van der Waals surface area (Å²) in [5.74, 6) is -4.22. The maximum atomic E-state index is 6.80. The molecule has 1 saturated heterocycles. The van der Waals surface area contributed by atoms with Crippen molar-refractivity contribution >= 4 is 223 Å². The van der Waals surface area contributed by atoms with Crippen LogP contribution in [0.15, 0.2) is 0 Å². The maximum absolute atomic E-state index is 6.80. The van der Waals surface area contributed by atoms with Crippen LogP contribution in [-0.2, 0) is 0 Å². The third-order valence-corrected chi connectivity index (χ3v) is 261. The minimum atomic E-state index is -4.22. The van der Waals surface area contributed by atoms with Gasteiger partial charge in [0.2, 0.25) is 0 Å². The second-order valence-electron chi connectivity index (χ2n) is 4.60. The van der Waals surface area contributed by atoms with Gasteiger partial charge in [0.25, 0.3) is 40.3 Å². The molecular weight excluding hydrogens is 792 g/mol. The van der Waals surface area contributed by atoms with E-state index in [-0.39, 0.29) is 0 Å². The third kappa shape index (κ3) is 3.46. The molecule has 0 atom stereocenters. The first kappa shape index (κ1) is 28.4. The topological polar surface area (TPSA) is 0 Å². The van der Waals surface area contributed by atoms with Crippen molar-refractivity contribution in [3.05, 3.63) is 0 Å². The fourth-order valence-corrected chi connectivity index (χ4v) is 431. The average Bonchev–Trinajstić information content (AvgIpc) is 2.34. The highest BCUT2D eigenvalue weighted by Gasteiger charge is 2.98. The highest BCUT2D eigenvalue weighted by molar-refractivity contribution is 8.55. The zero-order valence-corrected chi connectivity index (χ0v) is 30.1. The SMILES string of the molecule is Cl[Si](Cl)(Cl)[Si]1(Cl)[Si](Cl)(Cl)[Si](Cl)(Cl)[Si](Cl)(Cl)[Si](Cl)(Cl)[Si](Cl)(Cl)[Si]1(Cl)Cl. The van der Waals surface area contributed by atoms with Gasteiger partial charge in [0.15, 0.2) is 0 Å². The van der Waals surface area contributed by atoms with Gasteiger partial charge in [-0.05, 0) is 0 Å². The van der Waals surface area contributed by atoms with E-state index in [4.69, 9.17) is 177 Å². The van der Waals surface area contributed by atoms with Crippen LogP contribution in [0.3, 0.4) is 0 Å². The molecule has 1 fully saturated rings. The van der Waals surface area contributed by atoms with Crippen molar-refractivity contribution in [1.29, 1.82) is 0 Å². The van der Waals surface area contributed by atoms with Gasteiger partial charge in [-0.3, -0.25) is 0 Å². The maximum Gasteiger partial charge on any atom is 0.341 e. The Morgan fingerprint density at radius 1 is 0.333 bits per heavy atom. The largest absolute Gasteiger partial charge is 0.341 e. The number of hydrogen-bond donors (Lipinski definition) is 0. The van der Waals surface area contributed by atoms with E-state index in [0.717, 1.165) is 0 Å². The van der Waals surface area contributed by atoms with Gasteiger partial charge in [0, 0.05) is 0 Å². The predicted molar refractivity (Wildman–Crippen MR) is 140 cm³/mol. The summed E-state index contributed by atoms with van der Waals surface area (Å²) < 4.78 is 0. The van der Waals surface area contributed by atoms with Crippen molar-refractivity contribution in [1.82, 2.24) is 0 Å². The minimum Gasteiger partial charge on any atom is -0.167 e. The van der Waals surface area contributed by atoms with E-state index in [1.807, 2.05) is 0 Å². The van der Waals surface area contributed by atoms with Crippen molar-refractivity contribution < 1.29 is 0 Å². The van der Waals surface area contributed by atoms with E-state index in [9.17, 15) is 0 Å². The van der Waals surface area contributed by atoms with Crippen molar-refractivity contribution in [3.63, 3.8) is 0 Å². The molecule has 1 heterocycles. The highest BCUT2D eigenvalue weighted by Crippen LogP contribution is 2.68. The first-order chi connectivity index (χ1) is 10.0. The van der Waals surface area contributed by atoms with Crippen LogP contribution in [-0.4, -0.2) is 45.8 Å². The summed E-state index contributed by atoms with van der Waals surface area (Å²) in [6.07, 6.45) is 0. The first-order valence-corrected chi connectivity index (χ1v) is 45.2. The highest BCUT2D eigenvalue weighted by atomic mass is 35.9. The van der Waals surface area contributed by atoms with Crippen LogP contribution in [0.2, 0.25) is 0 Å². The summed E-state index contributed by atoms with van der Waals surface area (Å²) in [5, 5.41) is 0. The molecule has 0 saturated carbocycles. The van der Waals surface area contributed by atoms with Crippen LogP contribution in [0, 0.1) is 0 Å². The van der Waals surface area contributed by atoms with Crippen LogP contribution in [0.5, 0.6) is 0 Å². The zero-order chi connectivity index (χ0) is 20.0. The summed E-state index contributed by atoms with van der Waals surface area (Å²) >= 11 is 104. The minimum absolute atomic E-state index is 4.03. The second kappa shape index (κ2) is 8.00. The molecule has 0 radical (unpaired) electrons. The molecular formula is Cl16Si8. The lowest BCUT2D eigenvalue weighted by Gasteiger charge is -2.46. The number of rotatable bonds is 1. The Morgan fingerprint density at radius 2 is 0.500 bits per heavy atom. The Kier molecular flexibility index (Phi) is 9.47. The fraction of sp³-hybridized carbons (Fsp3) is 0. The monoisotopic (exact) mass is 783 g/mol. The molecule has 0 aromatic rings. The molecule has 0 aromatic heterocycles. The summed E-state index contributed by atoms with van der Waals surface area (Å²) in [5.41, 5.74) is -28.8. The van der Waals surface area contributed by atoms with E-state index in [0.29, 0.717) is 0 Å². The molecule has 0 aromatic carbocycles. The van der Waals surface area contributed by atoms with Crippen molar-refractivity contribution in [2.45, 2.75) is 0 Å². The smallest absolute Gasteiger partial charge is 0.167 e.